The Hall–Kier alpha value is -1.76. The molecule has 116 valence electrons. The van der Waals surface area contributed by atoms with Gasteiger partial charge in [0.1, 0.15) is 6.54 Å². The fourth-order valence-corrected chi connectivity index (χ4v) is 3.74. The fourth-order valence-electron chi connectivity index (χ4n) is 2.52. The van der Waals surface area contributed by atoms with Crippen molar-refractivity contribution in [3.05, 3.63) is 36.5 Å². The highest BCUT2D eigenvalue weighted by molar-refractivity contribution is 8.00. The minimum atomic E-state index is -4.35. The molecule has 2 heterocycles. The van der Waals surface area contributed by atoms with E-state index < -0.39 is 23.9 Å². The van der Waals surface area contributed by atoms with Crippen molar-refractivity contribution in [2.75, 3.05) is 13.1 Å². The van der Waals surface area contributed by atoms with E-state index in [4.69, 9.17) is 0 Å². The lowest BCUT2D eigenvalue weighted by Gasteiger charge is -2.18. The van der Waals surface area contributed by atoms with Gasteiger partial charge >= 0.3 is 6.18 Å². The first kappa shape index (κ1) is 15.1. The highest BCUT2D eigenvalue weighted by Crippen LogP contribution is 2.35. The molecule has 1 saturated heterocycles. The number of carbonyl (C=O) groups excluding carboxylic acids is 1. The molecule has 1 aromatic heterocycles. The smallest absolute Gasteiger partial charge is 0.333 e. The van der Waals surface area contributed by atoms with Gasteiger partial charge in [0.25, 0.3) is 0 Å². The maximum atomic E-state index is 12.4. The molecule has 1 aliphatic rings. The Morgan fingerprint density at radius 3 is 2.82 bits per heavy atom. The third-order valence-corrected chi connectivity index (χ3v) is 4.83. The average molecular weight is 326 g/mol. The third-order valence-electron chi connectivity index (χ3n) is 3.50. The van der Waals surface area contributed by atoms with E-state index in [0.29, 0.717) is 6.42 Å². The topological polar surface area (TPSA) is 33.2 Å². The molecule has 0 saturated carbocycles. The summed E-state index contributed by atoms with van der Waals surface area (Å²) < 4.78 is 37.3. The van der Waals surface area contributed by atoms with Crippen molar-refractivity contribution in [1.29, 1.82) is 0 Å². The monoisotopic (exact) mass is 326 g/mol. The van der Waals surface area contributed by atoms with Crippen LogP contribution in [0.25, 0.3) is 10.9 Å². The Balaban J connectivity index is 1.77. The number of aromatic nitrogens is 1. The van der Waals surface area contributed by atoms with Crippen LogP contribution in [0, 0.1) is 0 Å². The molecule has 0 radical (unpaired) electrons. The summed E-state index contributed by atoms with van der Waals surface area (Å²) in [4.78, 5) is 18.1. The zero-order chi connectivity index (χ0) is 15.7. The Morgan fingerprint density at radius 2 is 2.05 bits per heavy atom. The van der Waals surface area contributed by atoms with Crippen LogP contribution in [0.2, 0.25) is 0 Å². The molecule has 1 aromatic carbocycles. The van der Waals surface area contributed by atoms with E-state index in [0.717, 1.165) is 20.7 Å². The Kier molecular flexibility index (Phi) is 3.99. The number of hydrogen-bond acceptors (Lipinski definition) is 3. The van der Waals surface area contributed by atoms with Crippen LogP contribution in [0.5, 0.6) is 0 Å². The number of carbonyl (C=O) groups is 1. The van der Waals surface area contributed by atoms with Crippen molar-refractivity contribution in [3.8, 4) is 0 Å². The molecule has 0 N–H and O–H groups in total. The van der Waals surface area contributed by atoms with E-state index in [1.54, 1.807) is 12.3 Å². The summed E-state index contributed by atoms with van der Waals surface area (Å²) in [5.74, 6) is -0.441. The van der Waals surface area contributed by atoms with Crippen LogP contribution in [0.4, 0.5) is 13.2 Å². The molecule has 1 unspecified atom stereocenters. The Morgan fingerprint density at radius 1 is 1.27 bits per heavy atom. The van der Waals surface area contributed by atoms with Gasteiger partial charge in [0, 0.05) is 23.0 Å². The summed E-state index contributed by atoms with van der Waals surface area (Å²) in [6.45, 7) is -1.01. The van der Waals surface area contributed by atoms with Gasteiger partial charge < -0.3 is 4.90 Å². The van der Waals surface area contributed by atoms with Crippen molar-refractivity contribution in [1.82, 2.24) is 9.88 Å². The van der Waals surface area contributed by atoms with Gasteiger partial charge in [-0.1, -0.05) is 18.2 Å². The summed E-state index contributed by atoms with van der Waals surface area (Å²) in [5.41, 5.74) is 0.810. The Labute approximate surface area is 129 Å². The number of thioether (sulfide) groups is 1. The van der Waals surface area contributed by atoms with Gasteiger partial charge in [-0.05, 0) is 18.6 Å². The van der Waals surface area contributed by atoms with Crippen molar-refractivity contribution in [2.24, 2.45) is 0 Å². The van der Waals surface area contributed by atoms with Crippen LogP contribution in [-0.4, -0.2) is 40.3 Å². The number of benzene rings is 1. The highest BCUT2D eigenvalue weighted by Gasteiger charge is 2.39. The number of likely N-dealkylation sites (tertiary alicyclic amines) is 1. The number of rotatable bonds is 3. The molecule has 0 spiro atoms. The Bertz CT molecular complexity index is 699. The number of alkyl halides is 3. The molecule has 1 amide bonds. The molecule has 7 heteroatoms. The third kappa shape index (κ3) is 3.19. The standard InChI is InChI=1S/C15H13F3N2OS/c16-15(17,18)9-20-8-6-13(14(20)21)22-12-5-7-19-11-4-2-1-3-10(11)12/h1-5,7,13H,6,8-9H2. The van der Waals surface area contributed by atoms with Gasteiger partial charge in [-0.2, -0.15) is 13.2 Å². The van der Waals surface area contributed by atoms with Gasteiger partial charge in [-0.25, -0.2) is 0 Å². The molecule has 0 bridgehead atoms. The zero-order valence-electron chi connectivity index (χ0n) is 11.5. The van der Waals surface area contributed by atoms with Gasteiger partial charge in [0.05, 0.1) is 10.8 Å². The summed E-state index contributed by atoms with van der Waals surface area (Å²) in [6, 6.07) is 9.31. The minimum Gasteiger partial charge on any atom is -0.333 e. The van der Waals surface area contributed by atoms with E-state index >= 15 is 0 Å². The largest absolute Gasteiger partial charge is 0.406 e. The predicted molar refractivity (Wildman–Crippen MR) is 78.6 cm³/mol. The summed E-state index contributed by atoms with van der Waals surface area (Å²) in [7, 11) is 0. The predicted octanol–water partition coefficient (Wildman–Crippen LogP) is 3.49. The lowest BCUT2D eigenvalue weighted by Crippen LogP contribution is -2.36. The second-order valence-electron chi connectivity index (χ2n) is 5.10. The fraction of sp³-hybridized carbons (Fsp3) is 0.333. The van der Waals surface area contributed by atoms with E-state index in [1.807, 2.05) is 24.3 Å². The van der Waals surface area contributed by atoms with Crippen molar-refractivity contribution in [2.45, 2.75) is 22.7 Å². The molecular formula is C15H13F3N2OS. The van der Waals surface area contributed by atoms with Crippen LogP contribution in [-0.2, 0) is 4.79 Å². The summed E-state index contributed by atoms with van der Waals surface area (Å²) >= 11 is 1.32. The molecule has 22 heavy (non-hydrogen) atoms. The number of halogens is 3. The van der Waals surface area contributed by atoms with Gasteiger partial charge in [0.15, 0.2) is 0 Å². The second-order valence-corrected chi connectivity index (χ2v) is 6.34. The lowest BCUT2D eigenvalue weighted by atomic mass is 10.2. The van der Waals surface area contributed by atoms with Gasteiger partial charge in [-0.3, -0.25) is 9.78 Å². The summed E-state index contributed by atoms with van der Waals surface area (Å²) in [6.07, 6.45) is -2.27. The molecule has 0 aliphatic carbocycles. The van der Waals surface area contributed by atoms with Gasteiger partial charge in [0.2, 0.25) is 5.91 Å². The zero-order valence-corrected chi connectivity index (χ0v) is 12.3. The molecule has 3 rings (SSSR count). The first-order valence-corrected chi connectivity index (χ1v) is 7.68. The van der Waals surface area contributed by atoms with E-state index in [2.05, 4.69) is 4.98 Å². The average Bonchev–Trinajstić information content (AvgIpc) is 2.79. The highest BCUT2D eigenvalue weighted by atomic mass is 32.2. The number of para-hydroxylation sites is 1. The van der Waals surface area contributed by atoms with Crippen LogP contribution in [0.15, 0.2) is 41.4 Å². The molecule has 3 nitrogen and oxygen atoms in total. The van der Waals surface area contributed by atoms with E-state index in [1.165, 1.54) is 11.8 Å². The van der Waals surface area contributed by atoms with Crippen LogP contribution in [0.3, 0.4) is 0 Å². The van der Waals surface area contributed by atoms with Crippen LogP contribution >= 0.6 is 11.8 Å². The number of hydrogen-bond donors (Lipinski definition) is 0. The second kappa shape index (κ2) is 5.79. The maximum absolute atomic E-state index is 12.4. The summed E-state index contributed by atoms with van der Waals surface area (Å²) in [5, 5.41) is 0.449. The molecule has 1 aliphatic heterocycles. The minimum absolute atomic E-state index is 0.152. The van der Waals surface area contributed by atoms with E-state index in [-0.39, 0.29) is 6.54 Å². The molecular weight excluding hydrogens is 313 g/mol. The number of nitrogens with zero attached hydrogens (tertiary/aromatic N) is 2. The van der Waals surface area contributed by atoms with Crippen LogP contribution < -0.4 is 0 Å². The van der Waals surface area contributed by atoms with Crippen molar-refractivity contribution >= 4 is 28.6 Å². The van der Waals surface area contributed by atoms with Crippen LogP contribution in [0.1, 0.15) is 6.42 Å². The van der Waals surface area contributed by atoms with Crippen molar-refractivity contribution < 1.29 is 18.0 Å². The quantitative estimate of drug-likeness (QED) is 0.866. The number of amides is 1. The lowest BCUT2D eigenvalue weighted by molar-refractivity contribution is -0.157. The molecule has 1 atom stereocenters. The first-order chi connectivity index (χ1) is 10.4. The maximum Gasteiger partial charge on any atom is 0.406 e. The van der Waals surface area contributed by atoms with E-state index in [9.17, 15) is 18.0 Å². The normalized spacial score (nSPS) is 19.1. The molecule has 1 fully saturated rings. The number of fused-ring (bicyclic) bond motifs is 1. The van der Waals surface area contributed by atoms with Crippen molar-refractivity contribution in [3.63, 3.8) is 0 Å². The molecule has 2 aromatic rings. The SMILES string of the molecule is O=C1C(Sc2ccnc3ccccc23)CCN1CC(F)(F)F. The number of pyridine rings is 1. The van der Waals surface area contributed by atoms with Gasteiger partial charge in [-0.15, -0.1) is 11.8 Å². The first-order valence-electron chi connectivity index (χ1n) is 6.80.